The number of rotatable bonds is 4. The standard InChI is InChI=1S/C13H21N5O2/c1-3-14-11-8-12(19)18(15-9-11)10-13(20)17-6-4-16(2)5-7-17/h8-9,14H,3-7,10H2,1-2H3. The van der Waals surface area contributed by atoms with E-state index in [4.69, 9.17) is 0 Å². The fourth-order valence-corrected chi connectivity index (χ4v) is 2.14. The van der Waals surface area contributed by atoms with Crippen LogP contribution in [0.4, 0.5) is 5.69 Å². The summed E-state index contributed by atoms with van der Waals surface area (Å²) in [7, 11) is 2.04. The Labute approximate surface area is 118 Å². The van der Waals surface area contributed by atoms with E-state index >= 15 is 0 Å². The third-order valence-corrected chi connectivity index (χ3v) is 3.39. The molecule has 1 aliphatic rings. The summed E-state index contributed by atoms with van der Waals surface area (Å²) in [6.45, 7) is 5.84. The zero-order chi connectivity index (χ0) is 14.5. The molecule has 0 aromatic carbocycles. The number of carbonyl (C=O) groups excluding carboxylic acids is 1. The van der Waals surface area contributed by atoms with Gasteiger partial charge in [0.15, 0.2) is 0 Å². The second-order valence-corrected chi connectivity index (χ2v) is 4.95. The van der Waals surface area contributed by atoms with Crippen molar-refractivity contribution < 1.29 is 4.79 Å². The lowest BCUT2D eigenvalue weighted by Crippen LogP contribution is -2.48. The van der Waals surface area contributed by atoms with E-state index < -0.39 is 0 Å². The number of nitrogens with zero attached hydrogens (tertiary/aromatic N) is 4. The molecule has 0 radical (unpaired) electrons. The molecule has 1 fully saturated rings. The molecule has 0 saturated carbocycles. The van der Waals surface area contributed by atoms with Crippen LogP contribution in [0.15, 0.2) is 17.1 Å². The molecular weight excluding hydrogens is 258 g/mol. The Bertz CT molecular complexity index is 520. The van der Waals surface area contributed by atoms with Crippen LogP contribution in [-0.4, -0.2) is 65.3 Å². The average molecular weight is 279 g/mol. The monoisotopic (exact) mass is 279 g/mol. The molecule has 1 aromatic heterocycles. The van der Waals surface area contributed by atoms with Gasteiger partial charge in [-0.15, -0.1) is 0 Å². The Morgan fingerprint density at radius 2 is 2.05 bits per heavy atom. The predicted octanol–water partition coefficient (Wildman–Crippen LogP) is -0.551. The van der Waals surface area contributed by atoms with Crippen molar-refractivity contribution in [3.63, 3.8) is 0 Å². The van der Waals surface area contributed by atoms with E-state index in [1.165, 1.54) is 10.7 Å². The van der Waals surface area contributed by atoms with E-state index in [1.807, 2.05) is 14.0 Å². The van der Waals surface area contributed by atoms with Gasteiger partial charge in [-0.3, -0.25) is 9.59 Å². The number of aromatic nitrogens is 2. The van der Waals surface area contributed by atoms with E-state index in [0.717, 1.165) is 19.6 Å². The first-order chi connectivity index (χ1) is 9.60. The number of anilines is 1. The average Bonchev–Trinajstić information content (AvgIpc) is 2.43. The number of carbonyl (C=O) groups is 1. The van der Waals surface area contributed by atoms with Crippen LogP contribution in [0.3, 0.4) is 0 Å². The highest BCUT2D eigenvalue weighted by Crippen LogP contribution is 2.02. The van der Waals surface area contributed by atoms with Crippen LogP contribution in [0.2, 0.25) is 0 Å². The number of amides is 1. The maximum Gasteiger partial charge on any atom is 0.269 e. The number of nitrogens with one attached hydrogen (secondary N) is 1. The van der Waals surface area contributed by atoms with Crippen LogP contribution >= 0.6 is 0 Å². The third kappa shape index (κ3) is 3.57. The van der Waals surface area contributed by atoms with Crippen LogP contribution in [-0.2, 0) is 11.3 Å². The highest BCUT2D eigenvalue weighted by molar-refractivity contribution is 5.76. The van der Waals surface area contributed by atoms with Crippen molar-refractivity contribution in [3.05, 3.63) is 22.6 Å². The van der Waals surface area contributed by atoms with Gasteiger partial charge >= 0.3 is 0 Å². The fourth-order valence-electron chi connectivity index (χ4n) is 2.14. The molecule has 1 amide bonds. The lowest BCUT2D eigenvalue weighted by Gasteiger charge is -2.32. The minimum Gasteiger partial charge on any atom is -0.384 e. The molecule has 2 heterocycles. The molecule has 1 N–H and O–H groups in total. The van der Waals surface area contributed by atoms with Gasteiger partial charge in [0.1, 0.15) is 6.54 Å². The zero-order valence-electron chi connectivity index (χ0n) is 12.0. The van der Waals surface area contributed by atoms with Crippen LogP contribution in [0.1, 0.15) is 6.92 Å². The molecule has 1 aromatic rings. The molecule has 0 aliphatic carbocycles. The summed E-state index contributed by atoms with van der Waals surface area (Å²) in [5.41, 5.74) is 0.423. The lowest BCUT2D eigenvalue weighted by atomic mass is 10.3. The van der Waals surface area contributed by atoms with Crippen LogP contribution in [0.5, 0.6) is 0 Å². The molecule has 2 rings (SSSR count). The van der Waals surface area contributed by atoms with Crippen molar-refractivity contribution in [2.75, 3.05) is 45.1 Å². The van der Waals surface area contributed by atoms with Crippen LogP contribution in [0, 0.1) is 0 Å². The normalized spacial score (nSPS) is 16.2. The van der Waals surface area contributed by atoms with Gasteiger partial charge in [-0.05, 0) is 14.0 Å². The summed E-state index contributed by atoms with van der Waals surface area (Å²) >= 11 is 0. The molecule has 0 unspecified atom stereocenters. The lowest BCUT2D eigenvalue weighted by molar-refractivity contribution is -0.133. The molecule has 7 heteroatoms. The van der Waals surface area contributed by atoms with E-state index in [2.05, 4.69) is 15.3 Å². The smallest absolute Gasteiger partial charge is 0.269 e. The first-order valence-electron chi connectivity index (χ1n) is 6.87. The van der Waals surface area contributed by atoms with Gasteiger partial charge in [0.05, 0.1) is 11.9 Å². The Balaban J connectivity index is 1.99. The van der Waals surface area contributed by atoms with Crippen LogP contribution in [0.25, 0.3) is 0 Å². The Morgan fingerprint density at radius 1 is 1.35 bits per heavy atom. The highest BCUT2D eigenvalue weighted by Gasteiger charge is 2.19. The summed E-state index contributed by atoms with van der Waals surface area (Å²) in [5.74, 6) is -0.0519. The topological polar surface area (TPSA) is 70.5 Å². The van der Waals surface area contributed by atoms with Crippen LogP contribution < -0.4 is 10.9 Å². The molecule has 110 valence electrons. The Hall–Kier alpha value is -1.89. The molecule has 0 spiro atoms. The van der Waals surface area contributed by atoms with Gasteiger partial charge in [-0.1, -0.05) is 0 Å². The highest BCUT2D eigenvalue weighted by atomic mass is 16.2. The van der Waals surface area contributed by atoms with Crippen molar-refractivity contribution in [3.8, 4) is 0 Å². The molecular formula is C13H21N5O2. The first-order valence-corrected chi connectivity index (χ1v) is 6.87. The molecule has 0 atom stereocenters. The second-order valence-electron chi connectivity index (χ2n) is 4.95. The van der Waals surface area contributed by atoms with Crippen molar-refractivity contribution in [2.24, 2.45) is 0 Å². The summed E-state index contributed by atoms with van der Waals surface area (Å²) in [5, 5.41) is 7.05. The van der Waals surface area contributed by atoms with Gasteiger partial charge in [-0.25, -0.2) is 4.68 Å². The third-order valence-electron chi connectivity index (χ3n) is 3.39. The Morgan fingerprint density at radius 3 is 2.65 bits per heavy atom. The molecule has 1 saturated heterocycles. The first kappa shape index (κ1) is 14.5. The van der Waals surface area contributed by atoms with Crippen molar-refractivity contribution in [2.45, 2.75) is 13.5 Å². The van der Waals surface area contributed by atoms with Gasteiger partial charge in [-0.2, -0.15) is 5.10 Å². The largest absolute Gasteiger partial charge is 0.384 e. The molecule has 7 nitrogen and oxygen atoms in total. The molecule has 20 heavy (non-hydrogen) atoms. The van der Waals surface area contributed by atoms with Gasteiger partial charge in [0.2, 0.25) is 5.91 Å². The molecule has 0 bridgehead atoms. The number of hydrogen-bond donors (Lipinski definition) is 1. The fraction of sp³-hybridized carbons (Fsp3) is 0.615. The minimum atomic E-state index is -0.258. The second kappa shape index (κ2) is 6.51. The van der Waals surface area contributed by atoms with Crippen molar-refractivity contribution in [1.29, 1.82) is 0 Å². The van der Waals surface area contributed by atoms with Crippen molar-refractivity contribution >= 4 is 11.6 Å². The van der Waals surface area contributed by atoms with Crippen molar-refractivity contribution in [1.82, 2.24) is 19.6 Å². The number of hydrogen-bond acceptors (Lipinski definition) is 5. The maximum atomic E-state index is 12.1. The van der Waals surface area contributed by atoms with E-state index in [1.54, 1.807) is 11.1 Å². The van der Waals surface area contributed by atoms with E-state index in [0.29, 0.717) is 18.8 Å². The summed E-state index contributed by atoms with van der Waals surface area (Å²) in [4.78, 5) is 28.0. The number of likely N-dealkylation sites (N-methyl/N-ethyl adjacent to an activating group) is 1. The summed E-state index contributed by atoms with van der Waals surface area (Å²) in [6.07, 6.45) is 1.57. The summed E-state index contributed by atoms with van der Waals surface area (Å²) < 4.78 is 1.21. The van der Waals surface area contributed by atoms with E-state index in [9.17, 15) is 9.59 Å². The SMILES string of the molecule is CCNc1cnn(CC(=O)N2CCN(C)CC2)c(=O)c1. The summed E-state index contributed by atoms with van der Waals surface area (Å²) in [6, 6.07) is 1.47. The predicted molar refractivity (Wildman–Crippen MR) is 76.7 cm³/mol. The van der Waals surface area contributed by atoms with Gasteiger partial charge in [0.25, 0.3) is 5.56 Å². The maximum absolute atomic E-state index is 12.1. The van der Waals surface area contributed by atoms with Gasteiger partial charge < -0.3 is 15.1 Å². The quantitative estimate of drug-likeness (QED) is 0.801. The minimum absolute atomic E-state index is 0.00888. The molecule has 1 aliphatic heterocycles. The van der Waals surface area contributed by atoms with Gasteiger partial charge in [0, 0.05) is 38.8 Å². The Kier molecular flexibility index (Phi) is 4.73. The zero-order valence-corrected chi connectivity index (χ0v) is 12.0. The number of piperazine rings is 1. The van der Waals surface area contributed by atoms with E-state index in [-0.39, 0.29) is 18.0 Å².